The van der Waals surface area contributed by atoms with Gasteiger partial charge >= 0.3 is 0 Å². The van der Waals surface area contributed by atoms with Crippen LogP contribution in [0.1, 0.15) is 31.4 Å². The minimum absolute atomic E-state index is 0.150. The Morgan fingerprint density at radius 2 is 2.33 bits per heavy atom. The first kappa shape index (κ1) is 13.2. The average Bonchev–Trinajstić information content (AvgIpc) is 2.81. The fraction of sp³-hybridized carbons (Fsp3) is 0.571. The number of aromatic hydroxyl groups is 1. The minimum Gasteiger partial charge on any atom is -0.508 e. The fourth-order valence-electron chi connectivity index (χ4n) is 2.35. The van der Waals surface area contributed by atoms with Crippen LogP contribution in [-0.4, -0.2) is 31.4 Å². The van der Waals surface area contributed by atoms with E-state index in [-0.39, 0.29) is 11.8 Å². The molecule has 0 aliphatic carbocycles. The first-order chi connectivity index (χ1) is 8.58. The van der Waals surface area contributed by atoms with E-state index in [0.29, 0.717) is 6.10 Å². The van der Waals surface area contributed by atoms with Crippen molar-refractivity contribution in [1.29, 1.82) is 0 Å². The molecule has 3 N–H and O–H groups in total. The maximum absolute atomic E-state index is 9.93. The van der Waals surface area contributed by atoms with Gasteiger partial charge in [0.1, 0.15) is 5.75 Å². The van der Waals surface area contributed by atoms with E-state index in [4.69, 9.17) is 10.5 Å². The molecule has 1 heterocycles. The molecular weight excluding hydrogens is 228 g/mol. The van der Waals surface area contributed by atoms with Crippen molar-refractivity contribution in [3.8, 4) is 5.75 Å². The third kappa shape index (κ3) is 2.94. The van der Waals surface area contributed by atoms with Crippen LogP contribution in [0.3, 0.4) is 0 Å². The van der Waals surface area contributed by atoms with Crippen LogP contribution in [0, 0.1) is 0 Å². The number of ether oxygens (including phenoxy) is 1. The molecule has 2 unspecified atom stereocenters. The summed E-state index contributed by atoms with van der Waals surface area (Å²) < 4.78 is 5.61. The zero-order chi connectivity index (χ0) is 13.1. The van der Waals surface area contributed by atoms with Gasteiger partial charge in [-0.3, -0.25) is 0 Å². The molecular formula is C14H22N2O2. The number of hydrogen-bond acceptors (Lipinski definition) is 4. The lowest BCUT2D eigenvalue weighted by atomic mass is 10.1. The fourth-order valence-corrected chi connectivity index (χ4v) is 2.35. The van der Waals surface area contributed by atoms with Gasteiger partial charge in [-0.2, -0.15) is 0 Å². The van der Waals surface area contributed by atoms with Crippen molar-refractivity contribution in [3.63, 3.8) is 0 Å². The third-order valence-corrected chi connectivity index (χ3v) is 3.45. The lowest BCUT2D eigenvalue weighted by molar-refractivity contribution is 0.116. The van der Waals surface area contributed by atoms with E-state index in [1.54, 1.807) is 6.07 Å². The SMILES string of the molecule is CC(N)c1ccc(N(C)CC2CCCO2)cc1O. The highest BCUT2D eigenvalue weighted by Crippen LogP contribution is 2.28. The van der Waals surface area contributed by atoms with Gasteiger partial charge in [0.2, 0.25) is 0 Å². The number of nitrogens with zero attached hydrogens (tertiary/aromatic N) is 1. The highest BCUT2D eigenvalue weighted by Gasteiger charge is 2.18. The van der Waals surface area contributed by atoms with Crippen molar-refractivity contribution in [2.75, 3.05) is 25.1 Å². The van der Waals surface area contributed by atoms with Gasteiger partial charge in [0.15, 0.2) is 0 Å². The van der Waals surface area contributed by atoms with Gasteiger partial charge in [-0.1, -0.05) is 6.07 Å². The number of benzene rings is 1. The van der Waals surface area contributed by atoms with Crippen molar-refractivity contribution in [3.05, 3.63) is 23.8 Å². The Balaban J connectivity index is 2.05. The monoisotopic (exact) mass is 250 g/mol. The average molecular weight is 250 g/mol. The number of phenols is 1. The van der Waals surface area contributed by atoms with Gasteiger partial charge in [-0.25, -0.2) is 0 Å². The van der Waals surface area contributed by atoms with Crippen molar-refractivity contribution in [2.24, 2.45) is 5.73 Å². The molecule has 0 saturated carbocycles. The Morgan fingerprint density at radius 1 is 1.56 bits per heavy atom. The largest absolute Gasteiger partial charge is 0.508 e. The quantitative estimate of drug-likeness (QED) is 0.858. The summed E-state index contributed by atoms with van der Waals surface area (Å²) in [6.45, 7) is 3.59. The first-order valence-corrected chi connectivity index (χ1v) is 6.49. The molecule has 4 nitrogen and oxygen atoms in total. The summed E-state index contributed by atoms with van der Waals surface area (Å²) in [6, 6.07) is 5.50. The summed E-state index contributed by atoms with van der Waals surface area (Å²) in [5.41, 5.74) is 7.55. The second-order valence-electron chi connectivity index (χ2n) is 5.05. The minimum atomic E-state index is -0.150. The van der Waals surface area contributed by atoms with Crippen LogP contribution in [0.2, 0.25) is 0 Å². The summed E-state index contributed by atoms with van der Waals surface area (Å²) in [5.74, 6) is 0.265. The molecule has 100 valence electrons. The highest BCUT2D eigenvalue weighted by atomic mass is 16.5. The maximum Gasteiger partial charge on any atom is 0.122 e. The van der Waals surface area contributed by atoms with Gasteiger partial charge in [0.05, 0.1) is 6.10 Å². The first-order valence-electron chi connectivity index (χ1n) is 6.49. The van der Waals surface area contributed by atoms with Gasteiger partial charge in [0.25, 0.3) is 0 Å². The molecule has 2 rings (SSSR count). The van der Waals surface area contributed by atoms with Crippen molar-refractivity contribution in [1.82, 2.24) is 0 Å². The maximum atomic E-state index is 9.93. The van der Waals surface area contributed by atoms with E-state index in [2.05, 4.69) is 4.90 Å². The molecule has 0 spiro atoms. The summed E-state index contributed by atoms with van der Waals surface area (Å²) in [7, 11) is 2.02. The second kappa shape index (κ2) is 5.59. The van der Waals surface area contributed by atoms with Crippen LogP contribution in [0.15, 0.2) is 18.2 Å². The Bertz CT molecular complexity index is 401. The van der Waals surface area contributed by atoms with Crippen molar-refractivity contribution >= 4 is 5.69 Å². The molecule has 1 aliphatic heterocycles. The predicted octanol–water partition coefficient (Wildman–Crippen LogP) is 2.03. The zero-order valence-electron chi connectivity index (χ0n) is 11.1. The van der Waals surface area contributed by atoms with Crippen LogP contribution >= 0.6 is 0 Å². The zero-order valence-corrected chi connectivity index (χ0v) is 11.1. The van der Waals surface area contributed by atoms with E-state index in [9.17, 15) is 5.11 Å². The highest BCUT2D eigenvalue weighted by molar-refractivity contribution is 5.53. The van der Waals surface area contributed by atoms with E-state index in [1.807, 2.05) is 26.1 Å². The lowest BCUT2D eigenvalue weighted by Gasteiger charge is -2.23. The van der Waals surface area contributed by atoms with Gasteiger partial charge in [-0.15, -0.1) is 0 Å². The van der Waals surface area contributed by atoms with E-state index in [1.165, 1.54) is 0 Å². The number of anilines is 1. The smallest absolute Gasteiger partial charge is 0.122 e. The number of phenolic OH excluding ortho intramolecular Hbond substituents is 1. The molecule has 1 aromatic rings. The Morgan fingerprint density at radius 3 is 2.89 bits per heavy atom. The van der Waals surface area contributed by atoms with Crippen molar-refractivity contribution in [2.45, 2.75) is 31.9 Å². The number of nitrogens with two attached hydrogens (primary N) is 1. The molecule has 0 amide bonds. The molecule has 4 heteroatoms. The van der Waals surface area contributed by atoms with Crippen LogP contribution < -0.4 is 10.6 Å². The molecule has 1 aromatic carbocycles. The molecule has 0 radical (unpaired) electrons. The Kier molecular flexibility index (Phi) is 4.09. The molecule has 0 aromatic heterocycles. The van der Waals surface area contributed by atoms with Crippen LogP contribution in [0.25, 0.3) is 0 Å². The predicted molar refractivity (Wildman–Crippen MR) is 73.0 cm³/mol. The van der Waals surface area contributed by atoms with E-state index < -0.39 is 0 Å². The second-order valence-corrected chi connectivity index (χ2v) is 5.05. The summed E-state index contributed by atoms with van der Waals surface area (Å²) in [6.07, 6.45) is 2.58. The van der Waals surface area contributed by atoms with E-state index >= 15 is 0 Å². The molecule has 18 heavy (non-hydrogen) atoms. The van der Waals surface area contributed by atoms with Crippen LogP contribution in [0.5, 0.6) is 5.75 Å². The summed E-state index contributed by atoms with van der Waals surface area (Å²) >= 11 is 0. The van der Waals surface area contributed by atoms with Crippen LogP contribution in [0.4, 0.5) is 5.69 Å². The number of rotatable bonds is 4. The molecule has 1 saturated heterocycles. The molecule has 2 atom stereocenters. The van der Waals surface area contributed by atoms with Crippen molar-refractivity contribution < 1.29 is 9.84 Å². The summed E-state index contributed by atoms with van der Waals surface area (Å²) in [4.78, 5) is 2.11. The topological polar surface area (TPSA) is 58.7 Å². The lowest BCUT2D eigenvalue weighted by Crippen LogP contribution is -2.28. The third-order valence-electron chi connectivity index (χ3n) is 3.45. The van der Waals surface area contributed by atoms with Crippen LogP contribution in [-0.2, 0) is 4.74 Å². The van der Waals surface area contributed by atoms with E-state index in [0.717, 1.165) is 37.2 Å². The molecule has 1 fully saturated rings. The Labute approximate surface area is 108 Å². The van der Waals surface area contributed by atoms with Gasteiger partial charge in [-0.05, 0) is 25.8 Å². The number of likely N-dealkylation sites (N-methyl/N-ethyl adjacent to an activating group) is 1. The standard InChI is InChI=1S/C14H22N2O2/c1-10(15)13-6-5-11(8-14(13)17)16(2)9-12-4-3-7-18-12/h5-6,8,10,12,17H,3-4,7,9,15H2,1-2H3. The molecule has 0 bridgehead atoms. The van der Waals surface area contributed by atoms with Gasteiger partial charge < -0.3 is 20.5 Å². The van der Waals surface area contributed by atoms with Gasteiger partial charge in [0, 0.05) is 43.6 Å². The molecule has 1 aliphatic rings. The summed E-state index contributed by atoms with van der Waals surface area (Å²) in [5, 5.41) is 9.93. The number of hydrogen-bond donors (Lipinski definition) is 2. The Hall–Kier alpha value is -1.26. The normalized spacial score (nSPS) is 20.9.